The van der Waals surface area contributed by atoms with Gasteiger partial charge in [0.25, 0.3) is 0 Å². The Hall–Kier alpha value is -6.96. The van der Waals surface area contributed by atoms with Crippen molar-refractivity contribution in [2.45, 2.75) is 144 Å². The van der Waals surface area contributed by atoms with Crippen LogP contribution in [0.15, 0.2) is 30.5 Å². The summed E-state index contributed by atoms with van der Waals surface area (Å²) in [5.74, 6) is -10.3. The van der Waals surface area contributed by atoms with E-state index in [1.165, 1.54) is 16.7 Å². The van der Waals surface area contributed by atoms with E-state index in [9.17, 15) is 73.2 Å². The van der Waals surface area contributed by atoms with E-state index in [1.54, 1.807) is 36.7 Å². The number of aliphatic hydroxyl groups is 3. The lowest BCUT2D eigenvalue weighted by molar-refractivity contribution is -0.142. The first kappa shape index (κ1) is 67.3. The molecule has 3 rings (SSSR count). The van der Waals surface area contributed by atoms with Gasteiger partial charge in [0.05, 0.1) is 31.9 Å². The molecule has 1 saturated heterocycles. The van der Waals surface area contributed by atoms with Crippen molar-refractivity contribution in [2.24, 2.45) is 22.9 Å². The Morgan fingerprint density at radius 1 is 0.713 bits per heavy atom. The zero-order valence-corrected chi connectivity index (χ0v) is 45.9. The lowest BCUT2D eigenvalue weighted by Crippen LogP contribution is -2.62. The molecule has 80 heavy (non-hydrogen) atoms. The van der Waals surface area contributed by atoms with Crippen molar-refractivity contribution in [2.75, 3.05) is 51.4 Å². The predicted molar refractivity (Wildman–Crippen MR) is 292 cm³/mol. The summed E-state index contributed by atoms with van der Waals surface area (Å²) < 4.78 is 0. The van der Waals surface area contributed by atoms with Crippen LogP contribution in [0.5, 0.6) is 0 Å². The smallest absolute Gasteiger partial charge is 0.326 e. The van der Waals surface area contributed by atoms with E-state index in [0.717, 1.165) is 6.92 Å². The number of amides is 10. The van der Waals surface area contributed by atoms with Gasteiger partial charge in [0.1, 0.15) is 48.3 Å². The van der Waals surface area contributed by atoms with E-state index in [4.69, 9.17) is 22.9 Å². The lowest BCUT2D eigenvalue weighted by Gasteiger charge is -2.28. The van der Waals surface area contributed by atoms with Crippen molar-refractivity contribution in [3.63, 3.8) is 0 Å². The molecule has 21 N–H and O–H groups in total. The number of likely N-dealkylation sites (tertiary alicyclic amines) is 1. The van der Waals surface area contributed by atoms with E-state index >= 15 is 0 Å². The van der Waals surface area contributed by atoms with Crippen LogP contribution in [-0.2, 0) is 59.2 Å². The first-order chi connectivity index (χ1) is 38.1. The number of carboxylic acid groups (broad SMARTS) is 1. The topological polar surface area (TPSA) is 488 Å². The maximum Gasteiger partial charge on any atom is 0.326 e. The maximum atomic E-state index is 13.7. The number of aliphatic carboxylic acids is 1. The molecule has 30 heteroatoms. The molecule has 0 saturated carbocycles. The number of aromatic nitrogens is 1. The number of benzene rings is 1. The number of nitrogens with zero attached hydrogens (tertiary/aromatic N) is 1. The highest BCUT2D eigenvalue weighted by Gasteiger charge is 2.39. The third-order valence-electron chi connectivity index (χ3n) is 13.1. The minimum absolute atomic E-state index is 0.0195. The third kappa shape index (κ3) is 21.6. The third-order valence-corrected chi connectivity index (χ3v) is 13.8. The Balaban J connectivity index is 1.65. The normalized spacial score (nSPS) is 16.5. The fourth-order valence-electron chi connectivity index (χ4n) is 8.62. The molecule has 2 heterocycles. The summed E-state index contributed by atoms with van der Waals surface area (Å²) in [4.78, 5) is 150. The number of aliphatic hydroxyl groups excluding tert-OH is 3. The Morgan fingerprint density at radius 3 is 1.88 bits per heavy atom. The maximum absolute atomic E-state index is 13.7. The number of carbonyl (C=O) groups excluding carboxylic acids is 10. The van der Waals surface area contributed by atoms with Crippen LogP contribution in [-0.4, -0.2) is 207 Å². The molecule has 2 aromatic rings. The van der Waals surface area contributed by atoms with E-state index in [2.05, 4.69) is 47.5 Å². The van der Waals surface area contributed by atoms with Crippen molar-refractivity contribution in [3.05, 3.63) is 36.0 Å². The molecule has 0 aliphatic carbocycles. The van der Waals surface area contributed by atoms with E-state index in [0.29, 0.717) is 86.8 Å². The lowest BCUT2D eigenvalue weighted by atomic mass is 10.0. The SMILES string of the molecule is CSCC[C@H](NC(=O)CNC(=O)[C@H](CCCCN)NC(=O)[C@@H]1CCCN1C(=O)[C@@H](N)CCCCN)C(=O)N[C@H](C(=O)N[C@@H](CO)C(=O)N[C@@H](CO)C(=O)N[C@@H](CCC(N)=O)C(=O)N[C@@H](Cc1c[nH]c2ccccc12)C(=O)O)[C@@H](C)O. The zero-order valence-electron chi connectivity index (χ0n) is 45.0. The van der Waals surface area contributed by atoms with Gasteiger partial charge in [-0.3, -0.25) is 47.9 Å². The van der Waals surface area contributed by atoms with Crippen molar-refractivity contribution in [1.82, 2.24) is 52.4 Å². The number of fused-ring (bicyclic) bond motifs is 1. The number of nitrogens with two attached hydrogens (primary N) is 4. The van der Waals surface area contributed by atoms with Gasteiger partial charge in [-0.15, -0.1) is 0 Å². The highest BCUT2D eigenvalue weighted by atomic mass is 32.2. The van der Waals surface area contributed by atoms with E-state index in [1.807, 2.05) is 0 Å². The van der Waals surface area contributed by atoms with Crippen LogP contribution in [0.2, 0.25) is 0 Å². The minimum atomic E-state index is -1.90. The molecule has 0 bridgehead atoms. The second kappa shape index (κ2) is 34.9. The summed E-state index contributed by atoms with van der Waals surface area (Å²) in [6.07, 6.45) is 4.19. The number of aromatic amines is 1. The number of carboxylic acids is 1. The van der Waals surface area contributed by atoms with Gasteiger partial charge >= 0.3 is 5.97 Å². The Bertz CT molecular complexity index is 2430. The summed E-state index contributed by atoms with van der Waals surface area (Å²) in [6.45, 7) is -0.748. The number of primary amides is 1. The number of carbonyl (C=O) groups is 11. The number of unbranched alkanes of at least 4 members (excludes halogenated alkanes) is 2. The van der Waals surface area contributed by atoms with Crippen LogP contribution in [0.25, 0.3) is 10.9 Å². The number of rotatable bonds is 37. The summed E-state index contributed by atoms with van der Waals surface area (Å²) in [6, 6.07) is -5.94. The average molecular weight is 1150 g/mol. The summed E-state index contributed by atoms with van der Waals surface area (Å²) >= 11 is 1.30. The van der Waals surface area contributed by atoms with Gasteiger partial charge in [0.15, 0.2) is 0 Å². The van der Waals surface area contributed by atoms with Gasteiger partial charge in [-0.05, 0) is 101 Å². The van der Waals surface area contributed by atoms with Crippen molar-refractivity contribution in [3.8, 4) is 0 Å². The Kier molecular flexibility index (Phi) is 29.4. The highest BCUT2D eigenvalue weighted by molar-refractivity contribution is 7.98. The molecule has 1 aromatic carbocycles. The molecule has 0 unspecified atom stereocenters. The fourth-order valence-corrected chi connectivity index (χ4v) is 9.09. The minimum Gasteiger partial charge on any atom is -0.480 e. The second-order valence-corrected chi connectivity index (χ2v) is 20.3. The zero-order chi connectivity index (χ0) is 59.5. The van der Waals surface area contributed by atoms with E-state index < -0.39 is 152 Å². The van der Waals surface area contributed by atoms with Crippen LogP contribution in [0.3, 0.4) is 0 Å². The molecule has 446 valence electrons. The molecule has 29 nitrogen and oxygen atoms in total. The van der Waals surface area contributed by atoms with Gasteiger partial charge in [0, 0.05) is 36.5 Å². The number of thioether (sulfide) groups is 1. The van der Waals surface area contributed by atoms with Crippen molar-refractivity contribution < 1.29 is 73.2 Å². The molecule has 0 spiro atoms. The molecule has 0 radical (unpaired) electrons. The van der Waals surface area contributed by atoms with Crippen LogP contribution in [0.1, 0.15) is 83.1 Å². The molecule has 1 fully saturated rings. The average Bonchev–Trinajstić information content (AvgIpc) is 4.10. The second-order valence-electron chi connectivity index (χ2n) is 19.3. The molecule has 1 aromatic heterocycles. The van der Waals surface area contributed by atoms with Gasteiger partial charge < -0.3 is 95.8 Å². The summed E-state index contributed by atoms with van der Waals surface area (Å²) in [5.41, 5.74) is 23.9. The Labute approximate surface area is 466 Å². The molecule has 10 atom stereocenters. The number of H-pyrrole nitrogens is 1. The van der Waals surface area contributed by atoms with E-state index in [-0.39, 0.29) is 25.2 Å². The molecule has 1 aliphatic heterocycles. The Morgan fingerprint density at radius 2 is 1.27 bits per heavy atom. The number of hydrogen-bond donors (Lipinski definition) is 17. The van der Waals surface area contributed by atoms with Crippen LogP contribution < -0.4 is 65.5 Å². The van der Waals surface area contributed by atoms with Gasteiger partial charge in [-0.25, -0.2) is 4.79 Å². The predicted octanol–water partition coefficient (Wildman–Crippen LogP) is -5.73. The highest BCUT2D eigenvalue weighted by Crippen LogP contribution is 2.21. The fraction of sp³-hybridized carbons (Fsp3) is 0.620. The standard InChI is InChI=1S/C50H80N14O15S/c1-27(67)41(63-44(72)34(17-21-80-2)57-40(69)24-56-42(70)32(13-6-8-19-52)59-47(75)38-14-9-20-64(38)49(77)30(53)11-5-7-18-51)48(76)62-37(26-66)46(74)61-36(25-65)45(73)58-33(15-16-39(54)68)43(71)60-35(50(78)79)22-28-23-55-31-12-4-3-10-29(28)31/h3-4,10,12,23,27,30,32-38,41,55,65-67H,5-9,11,13-22,24-26,51-53H2,1-2H3,(H2,54,68)(H,56,70)(H,57,69)(H,58,73)(H,59,75)(H,60,71)(H,61,74)(H,62,76)(H,63,72)(H,78,79)/t27-,30+,32+,33+,34+,35+,36+,37+,38+,41+/m1/s1. The van der Waals surface area contributed by atoms with Crippen LogP contribution in [0, 0.1) is 0 Å². The number of nitrogens with one attached hydrogen (secondary N) is 9. The molecular formula is C50H80N14O15S. The molecular weight excluding hydrogens is 1070 g/mol. The number of para-hydroxylation sites is 1. The first-order valence-corrected chi connectivity index (χ1v) is 27.8. The van der Waals surface area contributed by atoms with Gasteiger partial charge in [-0.2, -0.15) is 11.8 Å². The first-order valence-electron chi connectivity index (χ1n) is 26.4. The van der Waals surface area contributed by atoms with Crippen LogP contribution in [0.4, 0.5) is 0 Å². The monoisotopic (exact) mass is 1150 g/mol. The van der Waals surface area contributed by atoms with Gasteiger partial charge in [-0.1, -0.05) is 24.6 Å². The summed E-state index contributed by atoms with van der Waals surface area (Å²) in [5, 5.41) is 60.4. The van der Waals surface area contributed by atoms with Gasteiger partial charge in [0.2, 0.25) is 59.1 Å². The van der Waals surface area contributed by atoms with Crippen LogP contribution >= 0.6 is 11.8 Å². The number of hydrogen-bond acceptors (Lipinski definition) is 18. The molecule has 10 amide bonds. The molecule has 1 aliphatic rings. The van der Waals surface area contributed by atoms with Crippen molar-refractivity contribution in [1.29, 1.82) is 0 Å². The summed E-state index contributed by atoms with van der Waals surface area (Å²) in [7, 11) is 0. The quantitative estimate of drug-likeness (QED) is 0.0280. The largest absolute Gasteiger partial charge is 0.480 e. The van der Waals surface area contributed by atoms with Crippen molar-refractivity contribution >= 4 is 87.7 Å².